The molecule has 0 saturated heterocycles. The van der Waals surface area contributed by atoms with Crippen LogP contribution in [0.25, 0.3) is 0 Å². The van der Waals surface area contributed by atoms with E-state index in [1.165, 1.54) is 67.2 Å². The van der Waals surface area contributed by atoms with Crippen molar-refractivity contribution in [3.8, 4) is 0 Å². The molecule has 160 valence electrons. The molecule has 0 N–H and O–H groups in total. The monoisotopic (exact) mass is 482 g/mol. The summed E-state index contributed by atoms with van der Waals surface area (Å²) in [7, 11) is 3.20. The number of aryl methyl sites for hydroxylation is 1. The molecule has 0 bridgehead atoms. The van der Waals surface area contributed by atoms with E-state index in [0.717, 1.165) is 6.42 Å². The van der Waals surface area contributed by atoms with Crippen LogP contribution in [-0.4, -0.2) is 0 Å². The van der Waals surface area contributed by atoms with Gasteiger partial charge in [-0.3, -0.25) is 0 Å². The van der Waals surface area contributed by atoms with E-state index in [0.29, 0.717) is 0 Å². The first-order valence-electron chi connectivity index (χ1n) is 11.2. The van der Waals surface area contributed by atoms with Crippen molar-refractivity contribution < 1.29 is 0 Å². The first-order valence-corrected chi connectivity index (χ1v) is 11.8. The number of rotatable bonds is 11. The SMILES string of the molecule is Br.CCCCCCCCCc1ccccc1C(P)(c1ccccc1)c1ccccc1. The zero-order chi connectivity index (χ0) is 20.4. The van der Waals surface area contributed by atoms with Gasteiger partial charge in [0.05, 0.1) is 5.16 Å². The van der Waals surface area contributed by atoms with Gasteiger partial charge in [0, 0.05) is 0 Å². The van der Waals surface area contributed by atoms with Crippen LogP contribution in [0.15, 0.2) is 84.9 Å². The van der Waals surface area contributed by atoms with Crippen molar-refractivity contribution in [2.75, 3.05) is 0 Å². The number of hydrogen-bond acceptors (Lipinski definition) is 0. The van der Waals surface area contributed by atoms with Gasteiger partial charge in [0.15, 0.2) is 0 Å². The van der Waals surface area contributed by atoms with Crippen LogP contribution < -0.4 is 0 Å². The Morgan fingerprint density at radius 1 is 0.600 bits per heavy atom. The van der Waals surface area contributed by atoms with E-state index in [9.17, 15) is 0 Å². The fourth-order valence-electron chi connectivity index (χ4n) is 4.28. The molecule has 2 heteroatoms. The third kappa shape index (κ3) is 6.29. The van der Waals surface area contributed by atoms with Crippen molar-refractivity contribution in [2.24, 2.45) is 0 Å². The van der Waals surface area contributed by atoms with Crippen LogP contribution in [0, 0.1) is 0 Å². The number of hydrogen-bond donors (Lipinski definition) is 0. The highest BCUT2D eigenvalue weighted by atomic mass is 79.9. The van der Waals surface area contributed by atoms with Crippen LogP contribution in [-0.2, 0) is 11.6 Å². The molecule has 0 aromatic heterocycles. The number of halogens is 1. The fraction of sp³-hybridized carbons (Fsp3) is 0.357. The lowest BCUT2D eigenvalue weighted by molar-refractivity contribution is 0.588. The molecule has 0 radical (unpaired) electrons. The smallest absolute Gasteiger partial charge is 0.0594 e. The summed E-state index contributed by atoms with van der Waals surface area (Å²) < 4.78 is 0. The molecule has 1 atom stereocenters. The average molecular weight is 483 g/mol. The van der Waals surface area contributed by atoms with Crippen LogP contribution in [0.3, 0.4) is 0 Å². The van der Waals surface area contributed by atoms with Gasteiger partial charge in [-0.05, 0) is 35.1 Å². The summed E-state index contributed by atoms with van der Waals surface area (Å²) in [5.74, 6) is 0. The standard InChI is InChI=1S/C28H35P.BrH/c1-2-3-4-5-6-7-10-17-24-18-15-16-23-27(24)28(29,25-19-11-8-12-20-25)26-21-13-9-14-22-26;/h8-9,11-16,18-23H,2-7,10,17,29H2,1H3;1H. The van der Waals surface area contributed by atoms with Gasteiger partial charge in [-0.2, -0.15) is 0 Å². The summed E-state index contributed by atoms with van der Waals surface area (Å²) in [6, 6.07) is 30.9. The lowest BCUT2D eigenvalue weighted by atomic mass is 9.81. The number of benzene rings is 3. The molecule has 1 unspecified atom stereocenters. The zero-order valence-corrected chi connectivity index (χ0v) is 21.1. The normalized spacial score (nSPS) is 11.1. The molecule has 3 aromatic rings. The van der Waals surface area contributed by atoms with Crippen molar-refractivity contribution in [3.63, 3.8) is 0 Å². The molecule has 0 spiro atoms. The van der Waals surface area contributed by atoms with Gasteiger partial charge >= 0.3 is 0 Å². The summed E-state index contributed by atoms with van der Waals surface area (Å²) in [6.45, 7) is 2.28. The topological polar surface area (TPSA) is 0 Å². The molecule has 0 aliphatic rings. The Labute approximate surface area is 196 Å². The Bertz CT molecular complexity index is 805. The van der Waals surface area contributed by atoms with Crippen molar-refractivity contribution in [1.29, 1.82) is 0 Å². The second kappa shape index (κ2) is 13.1. The minimum absolute atomic E-state index is 0. The number of unbranched alkanes of at least 4 members (excludes halogenated alkanes) is 6. The van der Waals surface area contributed by atoms with Crippen molar-refractivity contribution in [1.82, 2.24) is 0 Å². The Balaban J connectivity index is 0.00000320. The summed E-state index contributed by atoms with van der Waals surface area (Å²) in [5.41, 5.74) is 5.53. The van der Waals surface area contributed by atoms with Crippen LogP contribution in [0.4, 0.5) is 0 Å². The van der Waals surface area contributed by atoms with E-state index in [4.69, 9.17) is 0 Å². The lowest BCUT2D eigenvalue weighted by Gasteiger charge is -2.33. The molecule has 3 rings (SSSR count). The highest BCUT2D eigenvalue weighted by Gasteiger charge is 2.32. The Hall–Kier alpha value is -1.43. The van der Waals surface area contributed by atoms with Crippen molar-refractivity contribution in [2.45, 2.75) is 63.4 Å². The van der Waals surface area contributed by atoms with Gasteiger partial charge in [0.25, 0.3) is 0 Å². The molecule has 0 fully saturated rings. The Kier molecular flexibility index (Phi) is 10.8. The van der Waals surface area contributed by atoms with Gasteiger partial charge in [-0.1, -0.05) is 130 Å². The largest absolute Gasteiger partial charge is 0.117 e. The van der Waals surface area contributed by atoms with Crippen molar-refractivity contribution in [3.05, 3.63) is 107 Å². The maximum absolute atomic E-state index is 3.20. The van der Waals surface area contributed by atoms with Crippen LogP contribution in [0.5, 0.6) is 0 Å². The van der Waals surface area contributed by atoms with Gasteiger partial charge in [0.1, 0.15) is 0 Å². The molecule has 0 amide bonds. The predicted octanol–water partition coefficient (Wildman–Crippen LogP) is 8.72. The van der Waals surface area contributed by atoms with Crippen LogP contribution in [0.2, 0.25) is 0 Å². The summed E-state index contributed by atoms with van der Waals surface area (Å²) in [5, 5.41) is -0.222. The van der Waals surface area contributed by atoms with Gasteiger partial charge in [-0.25, -0.2) is 0 Å². The van der Waals surface area contributed by atoms with Gasteiger partial charge in [0.2, 0.25) is 0 Å². The quantitative estimate of drug-likeness (QED) is 0.145. The fourth-order valence-corrected chi connectivity index (χ4v) is 4.94. The summed E-state index contributed by atoms with van der Waals surface area (Å²) in [4.78, 5) is 0. The lowest BCUT2D eigenvalue weighted by Crippen LogP contribution is -2.23. The third-order valence-electron chi connectivity index (χ3n) is 5.95. The molecule has 0 heterocycles. The molecule has 30 heavy (non-hydrogen) atoms. The molecular formula is C28H36BrP. The molecule has 0 aliphatic heterocycles. The molecule has 0 aliphatic carbocycles. The maximum Gasteiger partial charge on any atom is 0.0594 e. The second-order valence-corrected chi connectivity index (χ2v) is 8.93. The predicted molar refractivity (Wildman–Crippen MR) is 141 cm³/mol. The first-order chi connectivity index (χ1) is 14.3. The molecule has 0 saturated carbocycles. The minimum Gasteiger partial charge on any atom is -0.117 e. The average Bonchev–Trinajstić information content (AvgIpc) is 2.79. The Morgan fingerprint density at radius 2 is 1.07 bits per heavy atom. The van der Waals surface area contributed by atoms with Gasteiger partial charge < -0.3 is 0 Å². The van der Waals surface area contributed by atoms with E-state index in [1.807, 2.05) is 0 Å². The van der Waals surface area contributed by atoms with Crippen LogP contribution in [0.1, 0.15) is 74.1 Å². The molecule has 0 nitrogen and oxygen atoms in total. The summed E-state index contributed by atoms with van der Waals surface area (Å²) in [6.07, 6.45) is 10.6. The molecule has 3 aromatic carbocycles. The molecular weight excluding hydrogens is 447 g/mol. The third-order valence-corrected chi connectivity index (χ3v) is 6.93. The Morgan fingerprint density at radius 3 is 1.63 bits per heavy atom. The van der Waals surface area contributed by atoms with E-state index in [2.05, 4.69) is 101 Å². The van der Waals surface area contributed by atoms with E-state index in [-0.39, 0.29) is 22.1 Å². The highest BCUT2D eigenvalue weighted by molar-refractivity contribution is 8.93. The van der Waals surface area contributed by atoms with Crippen molar-refractivity contribution >= 4 is 26.2 Å². The van der Waals surface area contributed by atoms with E-state index < -0.39 is 0 Å². The van der Waals surface area contributed by atoms with Crippen LogP contribution >= 0.6 is 26.2 Å². The highest BCUT2D eigenvalue weighted by Crippen LogP contribution is 2.46. The minimum atomic E-state index is -0.222. The second-order valence-electron chi connectivity index (χ2n) is 8.07. The maximum atomic E-state index is 3.20. The van der Waals surface area contributed by atoms with E-state index >= 15 is 0 Å². The summed E-state index contributed by atoms with van der Waals surface area (Å²) >= 11 is 0. The zero-order valence-electron chi connectivity index (χ0n) is 18.2. The first kappa shape index (κ1) is 24.8. The van der Waals surface area contributed by atoms with E-state index in [1.54, 1.807) is 0 Å². The van der Waals surface area contributed by atoms with Gasteiger partial charge in [-0.15, -0.1) is 26.2 Å².